The number of ether oxygens (including phenoxy) is 1. The van der Waals surface area contributed by atoms with Crippen LogP contribution in [0.4, 0.5) is 14.5 Å². The largest absolute Gasteiger partial charge is 0.456 e. The van der Waals surface area contributed by atoms with E-state index in [1.807, 2.05) is 0 Å². The second-order valence-electron chi connectivity index (χ2n) is 6.38. The maximum atomic E-state index is 14.3. The number of carbonyl (C=O) groups excluding carboxylic acids is 1. The first-order chi connectivity index (χ1) is 10.3. The van der Waals surface area contributed by atoms with E-state index < -0.39 is 23.2 Å². The Hall–Kier alpha value is -1.69. The molecule has 1 aliphatic rings. The normalized spacial score (nSPS) is 16.3. The van der Waals surface area contributed by atoms with Crippen LogP contribution < -0.4 is 10.2 Å². The van der Waals surface area contributed by atoms with Crippen molar-refractivity contribution in [2.45, 2.75) is 32.8 Å². The maximum absolute atomic E-state index is 14.3. The molecule has 0 spiro atoms. The lowest BCUT2D eigenvalue weighted by atomic mass is 10.1. The van der Waals surface area contributed by atoms with Gasteiger partial charge in [0, 0.05) is 19.6 Å². The molecule has 1 N–H and O–H groups in total. The van der Waals surface area contributed by atoms with Crippen LogP contribution in [0.15, 0.2) is 12.1 Å². The van der Waals surface area contributed by atoms with E-state index in [0.717, 1.165) is 25.1 Å². The molecule has 1 fully saturated rings. The average Bonchev–Trinajstić information content (AvgIpc) is 2.65. The zero-order valence-electron chi connectivity index (χ0n) is 13.2. The molecule has 22 heavy (non-hydrogen) atoms. The van der Waals surface area contributed by atoms with E-state index in [4.69, 9.17) is 4.74 Å². The molecular formula is C16H22F2N2O2. The maximum Gasteiger partial charge on any atom is 0.338 e. The predicted octanol–water partition coefficient (Wildman–Crippen LogP) is 2.72. The molecular weight excluding hydrogens is 290 g/mol. The van der Waals surface area contributed by atoms with Gasteiger partial charge >= 0.3 is 5.97 Å². The summed E-state index contributed by atoms with van der Waals surface area (Å²) < 4.78 is 33.8. The second-order valence-corrected chi connectivity index (χ2v) is 6.38. The average molecular weight is 312 g/mol. The molecule has 1 saturated heterocycles. The number of hydrogen-bond acceptors (Lipinski definition) is 4. The number of anilines is 1. The van der Waals surface area contributed by atoms with Crippen molar-refractivity contribution in [2.75, 3.05) is 31.1 Å². The summed E-state index contributed by atoms with van der Waals surface area (Å²) in [5, 5.41) is 3.18. The van der Waals surface area contributed by atoms with Crippen molar-refractivity contribution in [3.8, 4) is 0 Å². The molecule has 1 aromatic rings. The van der Waals surface area contributed by atoms with Gasteiger partial charge in [-0.25, -0.2) is 13.6 Å². The number of halogens is 2. The number of hydrogen-bond donors (Lipinski definition) is 1. The highest BCUT2D eigenvalue weighted by Crippen LogP contribution is 2.26. The van der Waals surface area contributed by atoms with Gasteiger partial charge in [-0.2, -0.15) is 0 Å². The first kappa shape index (κ1) is 16.7. The first-order valence-electron chi connectivity index (χ1n) is 7.46. The predicted molar refractivity (Wildman–Crippen MR) is 81.2 cm³/mol. The van der Waals surface area contributed by atoms with E-state index in [1.165, 1.54) is 0 Å². The Balaban J connectivity index is 2.26. The first-order valence-corrected chi connectivity index (χ1v) is 7.46. The fourth-order valence-electron chi connectivity index (χ4n) is 2.39. The fourth-order valence-corrected chi connectivity index (χ4v) is 2.39. The third-order valence-corrected chi connectivity index (χ3v) is 3.31. The Kier molecular flexibility index (Phi) is 5.01. The molecule has 0 amide bonds. The topological polar surface area (TPSA) is 41.6 Å². The number of esters is 1. The van der Waals surface area contributed by atoms with Crippen LogP contribution in [0.5, 0.6) is 0 Å². The van der Waals surface area contributed by atoms with E-state index >= 15 is 0 Å². The van der Waals surface area contributed by atoms with Gasteiger partial charge in [0.25, 0.3) is 0 Å². The van der Waals surface area contributed by atoms with Crippen LogP contribution in [0, 0.1) is 11.6 Å². The molecule has 0 aromatic heterocycles. The summed E-state index contributed by atoms with van der Waals surface area (Å²) in [6.45, 7) is 7.72. The molecule has 0 atom stereocenters. The summed E-state index contributed by atoms with van der Waals surface area (Å²) in [6, 6.07) is 2.09. The van der Waals surface area contributed by atoms with Gasteiger partial charge < -0.3 is 15.0 Å². The Labute approximate surface area is 129 Å². The molecule has 0 unspecified atom stereocenters. The lowest BCUT2D eigenvalue weighted by molar-refractivity contribution is 0.00685. The van der Waals surface area contributed by atoms with Crippen LogP contribution in [0.25, 0.3) is 0 Å². The molecule has 1 aliphatic heterocycles. The van der Waals surface area contributed by atoms with Crippen LogP contribution in [0.1, 0.15) is 37.6 Å². The van der Waals surface area contributed by atoms with E-state index in [0.29, 0.717) is 19.6 Å². The van der Waals surface area contributed by atoms with Crippen molar-refractivity contribution < 1.29 is 18.3 Å². The van der Waals surface area contributed by atoms with Crippen molar-refractivity contribution in [3.63, 3.8) is 0 Å². The lowest BCUT2D eigenvalue weighted by Crippen LogP contribution is -2.30. The smallest absolute Gasteiger partial charge is 0.338 e. The highest BCUT2D eigenvalue weighted by atomic mass is 19.1. The van der Waals surface area contributed by atoms with E-state index in [2.05, 4.69) is 5.32 Å². The third kappa shape index (κ3) is 4.16. The highest BCUT2D eigenvalue weighted by molar-refractivity contribution is 5.90. The summed E-state index contributed by atoms with van der Waals surface area (Å²) in [5.41, 5.74) is -0.892. The van der Waals surface area contributed by atoms with Crippen LogP contribution in [0.2, 0.25) is 0 Å². The number of rotatable bonds is 2. The Morgan fingerprint density at radius 1 is 1.18 bits per heavy atom. The molecule has 0 bridgehead atoms. The Bertz CT molecular complexity index is 525. The molecule has 122 valence electrons. The van der Waals surface area contributed by atoms with E-state index in [1.54, 1.807) is 25.7 Å². The summed E-state index contributed by atoms with van der Waals surface area (Å²) in [4.78, 5) is 13.6. The number of benzene rings is 1. The van der Waals surface area contributed by atoms with E-state index in [-0.39, 0.29) is 11.3 Å². The number of carbonyl (C=O) groups is 1. The summed E-state index contributed by atoms with van der Waals surface area (Å²) in [5.74, 6) is -2.19. The molecule has 2 rings (SSSR count). The zero-order valence-corrected chi connectivity index (χ0v) is 13.2. The fraction of sp³-hybridized carbons (Fsp3) is 0.562. The number of nitrogens with zero attached hydrogens (tertiary/aromatic N) is 1. The van der Waals surface area contributed by atoms with Crippen LogP contribution >= 0.6 is 0 Å². The summed E-state index contributed by atoms with van der Waals surface area (Å²) in [7, 11) is 0. The Morgan fingerprint density at radius 2 is 1.82 bits per heavy atom. The van der Waals surface area contributed by atoms with Gasteiger partial charge in [-0.3, -0.25) is 0 Å². The minimum atomic E-state index is -0.734. The van der Waals surface area contributed by atoms with Crippen LogP contribution in [-0.4, -0.2) is 37.7 Å². The number of nitrogens with one attached hydrogen (secondary N) is 1. The molecule has 4 nitrogen and oxygen atoms in total. The molecule has 1 aromatic carbocycles. The molecule has 0 aliphatic carbocycles. The van der Waals surface area contributed by atoms with Crippen LogP contribution in [0.3, 0.4) is 0 Å². The van der Waals surface area contributed by atoms with Crippen molar-refractivity contribution >= 4 is 11.7 Å². The van der Waals surface area contributed by atoms with Gasteiger partial charge in [-0.1, -0.05) is 0 Å². The van der Waals surface area contributed by atoms with Gasteiger partial charge in [-0.15, -0.1) is 0 Å². The minimum Gasteiger partial charge on any atom is -0.456 e. The minimum absolute atomic E-state index is 0.0731. The Morgan fingerprint density at radius 3 is 2.41 bits per heavy atom. The van der Waals surface area contributed by atoms with Gasteiger partial charge in [0.1, 0.15) is 22.9 Å². The SMILES string of the molecule is CC(C)(C)OC(=O)c1cc(F)c(N2CCCNCC2)c(F)c1. The quantitative estimate of drug-likeness (QED) is 0.853. The van der Waals surface area contributed by atoms with Crippen molar-refractivity contribution in [1.82, 2.24) is 5.32 Å². The van der Waals surface area contributed by atoms with E-state index in [9.17, 15) is 13.6 Å². The van der Waals surface area contributed by atoms with Gasteiger partial charge in [-0.05, 0) is 45.9 Å². The molecule has 6 heteroatoms. The van der Waals surface area contributed by atoms with Crippen molar-refractivity contribution in [1.29, 1.82) is 0 Å². The highest BCUT2D eigenvalue weighted by Gasteiger charge is 2.23. The van der Waals surface area contributed by atoms with Crippen molar-refractivity contribution in [3.05, 3.63) is 29.3 Å². The third-order valence-electron chi connectivity index (χ3n) is 3.31. The standard InChI is InChI=1S/C16H22F2N2O2/c1-16(2,3)22-15(21)11-9-12(17)14(13(18)10-11)20-7-4-5-19-6-8-20/h9-10,19H,4-8H2,1-3H3. The molecule has 0 saturated carbocycles. The van der Waals surface area contributed by atoms with Gasteiger partial charge in [0.05, 0.1) is 5.56 Å². The monoisotopic (exact) mass is 312 g/mol. The summed E-state index contributed by atoms with van der Waals surface area (Å²) >= 11 is 0. The summed E-state index contributed by atoms with van der Waals surface area (Å²) in [6.07, 6.45) is 0.812. The lowest BCUT2D eigenvalue weighted by Gasteiger charge is -2.24. The molecule has 1 heterocycles. The van der Waals surface area contributed by atoms with Gasteiger partial charge in [0.15, 0.2) is 0 Å². The second kappa shape index (κ2) is 6.60. The zero-order chi connectivity index (χ0) is 16.3. The molecule has 0 radical (unpaired) electrons. The van der Waals surface area contributed by atoms with Crippen LogP contribution in [-0.2, 0) is 4.74 Å². The van der Waals surface area contributed by atoms with Gasteiger partial charge in [0.2, 0.25) is 0 Å². The van der Waals surface area contributed by atoms with Crippen molar-refractivity contribution in [2.24, 2.45) is 0 Å².